The maximum absolute atomic E-state index is 13.5. The highest BCUT2D eigenvalue weighted by atomic mass is 35.5. The van der Waals surface area contributed by atoms with Gasteiger partial charge in [0, 0.05) is 22.8 Å². The van der Waals surface area contributed by atoms with Gasteiger partial charge in [-0.2, -0.15) is 9.78 Å². The number of hydrogen-bond donors (Lipinski definition) is 1. The molecule has 0 spiro atoms. The molecule has 9 heteroatoms. The molecule has 0 aliphatic rings. The van der Waals surface area contributed by atoms with Crippen LogP contribution in [0.1, 0.15) is 30.8 Å². The summed E-state index contributed by atoms with van der Waals surface area (Å²) in [7, 11) is 3.02. The lowest BCUT2D eigenvalue weighted by Gasteiger charge is -2.22. The van der Waals surface area contributed by atoms with Crippen molar-refractivity contribution in [2.45, 2.75) is 33.2 Å². The summed E-state index contributed by atoms with van der Waals surface area (Å²) in [5.41, 5.74) is 2.38. The zero-order valence-electron chi connectivity index (χ0n) is 20.3. The van der Waals surface area contributed by atoms with Crippen molar-refractivity contribution in [2.75, 3.05) is 19.5 Å². The fraction of sp³-hybridized carbons (Fsp3) is 0.269. The van der Waals surface area contributed by atoms with Crippen LogP contribution in [0.25, 0.3) is 16.5 Å². The zero-order valence-corrected chi connectivity index (χ0v) is 21.0. The minimum atomic E-state index is -0.572. The Morgan fingerprint density at radius 1 is 1.09 bits per heavy atom. The van der Waals surface area contributed by atoms with E-state index < -0.39 is 6.04 Å². The summed E-state index contributed by atoms with van der Waals surface area (Å²) in [6.07, 6.45) is 2.18. The maximum atomic E-state index is 13.5. The Labute approximate surface area is 208 Å². The molecule has 35 heavy (non-hydrogen) atoms. The summed E-state index contributed by atoms with van der Waals surface area (Å²) in [5.74, 6) is 0.615. The third-order valence-electron chi connectivity index (χ3n) is 6.19. The van der Waals surface area contributed by atoms with Crippen molar-refractivity contribution >= 4 is 34.0 Å². The standard InChI is InChI=1S/C26H27ClN4O4/c1-6-21(25(32)29-20-12-19(27)22(34-4)13-23(20)35-5)30-15(2)18-14-28-31(17-10-8-7-9-11-17)26(33)24(18)16(30)3/h7-14,21H,6H2,1-5H3,(H,29,32)/t21-/m0/s1. The molecule has 0 unspecified atom stereocenters. The Hall–Kier alpha value is -3.78. The van der Waals surface area contributed by atoms with Crippen LogP contribution in [-0.2, 0) is 4.79 Å². The number of carbonyl (C=O) groups is 1. The molecule has 0 radical (unpaired) electrons. The number of fused-ring (bicyclic) bond motifs is 1. The third-order valence-corrected chi connectivity index (χ3v) is 6.48. The second kappa shape index (κ2) is 9.84. The molecular formula is C26H27ClN4O4. The molecule has 0 bridgehead atoms. The van der Waals surface area contributed by atoms with E-state index in [2.05, 4.69) is 10.4 Å². The molecule has 0 fully saturated rings. The van der Waals surface area contributed by atoms with Crippen LogP contribution in [0.15, 0.2) is 53.5 Å². The van der Waals surface area contributed by atoms with E-state index in [0.29, 0.717) is 45.4 Å². The van der Waals surface area contributed by atoms with Gasteiger partial charge in [0.1, 0.15) is 17.5 Å². The molecule has 0 aliphatic heterocycles. The van der Waals surface area contributed by atoms with Gasteiger partial charge in [0.25, 0.3) is 5.56 Å². The first kappa shape index (κ1) is 24.3. The highest BCUT2D eigenvalue weighted by Gasteiger charge is 2.26. The smallest absolute Gasteiger partial charge is 0.281 e. The van der Waals surface area contributed by atoms with Crippen LogP contribution in [0.4, 0.5) is 5.69 Å². The topological polar surface area (TPSA) is 87.4 Å². The molecule has 182 valence electrons. The first-order valence-electron chi connectivity index (χ1n) is 11.2. The summed E-state index contributed by atoms with van der Waals surface area (Å²) >= 11 is 6.28. The average Bonchev–Trinajstić information content (AvgIpc) is 3.11. The van der Waals surface area contributed by atoms with Crippen molar-refractivity contribution in [1.82, 2.24) is 14.3 Å². The summed E-state index contributed by atoms with van der Waals surface area (Å²) in [6.45, 7) is 5.67. The van der Waals surface area contributed by atoms with Crippen LogP contribution >= 0.6 is 11.6 Å². The van der Waals surface area contributed by atoms with Crippen molar-refractivity contribution < 1.29 is 14.3 Å². The number of methoxy groups -OCH3 is 2. The number of aromatic nitrogens is 3. The van der Waals surface area contributed by atoms with Crippen LogP contribution in [0.3, 0.4) is 0 Å². The van der Waals surface area contributed by atoms with Gasteiger partial charge < -0.3 is 19.4 Å². The maximum Gasteiger partial charge on any atom is 0.281 e. The van der Waals surface area contributed by atoms with E-state index in [1.165, 1.54) is 18.9 Å². The van der Waals surface area contributed by atoms with Crippen molar-refractivity contribution in [2.24, 2.45) is 0 Å². The predicted octanol–water partition coefficient (Wildman–Crippen LogP) is 5.06. The number of benzene rings is 2. The number of rotatable bonds is 7. The zero-order chi connectivity index (χ0) is 25.3. The summed E-state index contributed by atoms with van der Waals surface area (Å²) < 4.78 is 13.9. The van der Waals surface area contributed by atoms with E-state index in [1.807, 2.05) is 55.7 Å². The van der Waals surface area contributed by atoms with Gasteiger partial charge >= 0.3 is 0 Å². The van der Waals surface area contributed by atoms with Crippen LogP contribution in [0, 0.1) is 13.8 Å². The molecule has 1 N–H and O–H groups in total. The number of hydrogen-bond acceptors (Lipinski definition) is 5. The van der Waals surface area contributed by atoms with Crippen LogP contribution in [0.5, 0.6) is 11.5 Å². The molecule has 4 aromatic rings. The van der Waals surface area contributed by atoms with E-state index >= 15 is 0 Å². The van der Waals surface area contributed by atoms with Crippen LogP contribution in [-0.4, -0.2) is 34.5 Å². The lowest BCUT2D eigenvalue weighted by Crippen LogP contribution is -2.27. The van der Waals surface area contributed by atoms with Gasteiger partial charge in [-0.1, -0.05) is 36.7 Å². The molecule has 0 aliphatic carbocycles. The van der Waals surface area contributed by atoms with Gasteiger partial charge in [0.15, 0.2) is 0 Å². The summed E-state index contributed by atoms with van der Waals surface area (Å²) in [5, 5.41) is 8.92. The van der Waals surface area contributed by atoms with E-state index in [1.54, 1.807) is 18.3 Å². The van der Waals surface area contributed by atoms with Crippen LogP contribution < -0.4 is 20.3 Å². The van der Waals surface area contributed by atoms with Gasteiger partial charge in [-0.3, -0.25) is 9.59 Å². The molecule has 2 aromatic heterocycles. The lowest BCUT2D eigenvalue weighted by atomic mass is 10.1. The largest absolute Gasteiger partial charge is 0.495 e. The van der Waals surface area contributed by atoms with E-state index in [0.717, 1.165) is 11.1 Å². The second-order valence-corrected chi connectivity index (χ2v) is 8.53. The molecular weight excluding hydrogens is 468 g/mol. The van der Waals surface area contributed by atoms with Crippen molar-refractivity contribution in [1.29, 1.82) is 0 Å². The Morgan fingerprint density at radius 3 is 2.40 bits per heavy atom. The quantitative estimate of drug-likeness (QED) is 0.388. The number of amides is 1. The fourth-order valence-corrected chi connectivity index (χ4v) is 4.70. The molecule has 2 heterocycles. The molecule has 8 nitrogen and oxygen atoms in total. The van der Waals surface area contributed by atoms with E-state index in [4.69, 9.17) is 21.1 Å². The first-order valence-corrected chi connectivity index (χ1v) is 11.6. The molecule has 4 rings (SSSR count). The molecule has 1 amide bonds. The fourth-order valence-electron chi connectivity index (χ4n) is 4.46. The second-order valence-electron chi connectivity index (χ2n) is 8.13. The Morgan fingerprint density at radius 2 is 1.77 bits per heavy atom. The number of nitrogens with zero attached hydrogens (tertiary/aromatic N) is 3. The predicted molar refractivity (Wildman–Crippen MR) is 137 cm³/mol. The highest BCUT2D eigenvalue weighted by molar-refractivity contribution is 6.32. The summed E-state index contributed by atoms with van der Waals surface area (Å²) in [4.78, 5) is 26.9. The molecule has 1 atom stereocenters. The average molecular weight is 495 g/mol. The third kappa shape index (κ3) is 4.25. The van der Waals surface area contributed by atoms with Gasteiger partial charge in [-0.25, -0.2) is 0 Å². The van der Waals surface area contributed by atoms with Gasteiger partial charge in [-0.05, 0) is 38.5 Å². The summed E-state index contributed by atoms with van der Waals surface area (Å²) in [6, 6.07) is 11.9. The van der Waals surface area contributed by atoms with Gasteiger partial charge in [0.05, 0.1) is 42.2 Å². The Bertz CT molecular complexity index is 1460. The number of halogens is 1. The van der Waals surface area contributed by atoms with Gasteiger partial charge in [-0.15, -0.1) is 0 Å². The SMILES string of the molecule is CC[C@@H](C(=O)Nc1cc(Cl)c(OC)cc1OC)n1c(C)c2cnn(-c3ccccc3)c(=O)c2c1C. The first-order chi connectivity index (χ1) is 16.8. The van der Waals surface area contributed by atoms with Crippen molar-refractivity contribution in [3.8, 4) is 17.2 Å². The minimum Gasteiger partial charge on any atom is -0.495 e. The number of ether oxygens (including phenoxy) is 2. The highest BCUT2D eigenvalue weighted by Crippen LogP contribution is 2.37. The molecule has 0 saturated heterocycles. The van der Waals surface area contributed by atoms with Crippen molar-refractivity contribution in [3.05, 3.63) is 75.4 Å². The Kier molecular flexibility index (Phi) is 6.84. The number of carbonyl (C=O) groups excluding carboxylic acids is 1. The number of anilines is 1. The van der Waals surface area contributed by atoms with Gasteiger partial charge in [0.2, 0.25) is 5.91 Å². The van der Waals surface area contributed by atoms with E-state index in [9.17, 15) is 9.59 Å². The number of para-hydroxylation sites is 1. The normalized spacial score (nSPS) is 11.9. The monoisotopic (exact) mass is 494 g/mol. The number of aryl methyl sites for hydroxylation is 2. The molecule has 0 saturated carbocycles. The minimum absolute atomic E-state index is 0.230. The van der Waals surface area contributed by atoms with Crippen LogP contribution in [0.2, 0.25) is 5.02 Å². The van der Waals surface area contributed by atoms with E-state index in [-0.39, 0.29) is 11.5 Å². The molecule has 2 aromatic carbocycles. The van der Waals surface area contributed by atoms with Crippen molar-refractivity contribution in [3.63, 3.8) is 0 Å². The lowest BCUT2D eigenvalue weighted by molar-refractivity contribution is -0.119. The Balaban J connectivity index is 1.78. The number of nitrogens with one attached hydrogen (secondary N) is 1.